The Morgan fingerprint density at radius 2 is 1.64 bits per heavy atom. The van der Waals surface area contributed by atoms with Gasteiger partial charge < -0.3 is 10.0 Å². The van der Waals surface area contributed by atoms with E-state index in [4.69, 9.17) is 0 Å². The fraction of sp³-hybridized carbons (Fsp3) is 0.381. The lowest BCUT2D eigenvalue weighted by molar-refractivity contribution is -0.142. The molecule has 4 nitrogen and oxygen atoms in total. The molecule has 25 heavy (non-hydrogen) atoms. The summed E-state index contributed by atoms with van der Waals surface area (Å²) in [5.41, 5.74) is 1.98. The normalized spacial score (nSPS) is 17.2. The molecule has 1 saturated heterocycles. The van der Waals surface area contributed by atoms with Crippen LogP contribution < -0.4 is 0 Å². The Hall–Kier alpha value is -2.17. The van der Waals surface area contributed by atoms with Gasteiger partial charge in [-0.1, -0.05) is 60.7 Å². The van der Waals surface area contributed by atoms with E-state index in [0.717, 1.165) is 32.5 Å². The predicted octanol–water partition coefficient (Wildman–Crippen LogP) is 2.84. The molecule has 0 aliphatic carbocycles. The molecule has 1 aliphatic rings. The molecule has 0 unspecified atom stereocenters. The highest BCUT2D eigenvalue weighted by Gasteiger charge is 2.29. The van der Waals surface area contributed by atoms with E-state index in [-0.39, 0.29) is 11.9 Å². The number of piperidine rings is 1. The molecule has 4 heteroatoms. The third-order valence-corrected chi connectivity index (χ3v) is 5.05. The smallest absolute Gasteiger partial charge is 0.256 e. The quantitative estimate of drug-likeness (QED) is 0.912. The van der Waals surface area contributed by atoms with Crippen LogP contribution in [0.4, 0.5) is 0 Å². The van der Waals surface area contributed by atoms with Crippen LogP contribution in [0.2, 0.25) is 0 Å². The molecular weight excluding hydrogens is 312 g/mol. The van der Waals surface area contributed by atoms with Gasteiger partial charge in [0.15, 0.2) is 6.10 Å². The Morgan fingerprint density at radius 1 is 1.08 bits per heavy atom. The fourth-order valence-corrected chi connectivity index (χ4v) is 3.46. The number of amides is 1. The van der Waals surface area contributed by atoms with Crippen LogP contribution in [-0.4, -0.2) is 47.0 Å². The second-order valence-electron chi connectivity index (χ2n) is 6.76. The second-order valence-corrected chi connectivity index (χ2v) is 6.76. The molecule has 3 rings (SSSR count). The zero-order valence-corrected chi connectivity index (χ0v) is 14.7. The highest BCUT2D eigenvalue weighted by Crippen LogP contribution is 2.21. The Balaban J connectivity index is 1.52. The molecular formula is C21H26N2O2. The maximum absolute atomic E-state index is 12.6. The van der Waals surface area contributed by atoms with Gasteiger partial charge in [-0.25, -0.2) is 0 Å². The number of aliphatic hydroxyl groups is 1. The van der Waals surface area contributed by atoms with Crippen molar-refractivity contribution in [1.82, 2.24) is 9.80 Å². The molecule has 1 aliphatic heterocycles. The summed E-state index contributed by atoms with van der Waals surface area (Å²) in [5, 5.41) is 10.3. The van der Waals surface area contributed by atoms with Crippen LogP contribution in [0.5, 0.6) is 0 Å². The van der Waals surface area contributed by atoms with Crippen molar-refractivity contribution < 1.29 is 9.90 Å². The van der Waals surface area contributed by atoms with Gasteiger partial charge in [0.1, 0.15) is 0 Å². The van der Waals surface area contributed by atoms with Gasteiger partial charge in [0.25, 0.3) is 5.91 Å². The van der Waals surface area contributed by atoms with Crippen LogP contribution in [0.25, 0.3) is 0 Å². The molecule has 1 N–H and O–H groups in total. The lowest BCUT2D eigenvalue weighted by Crippen LogP contribution is -2.46. The molecule has 0 spiro atoms. The lowest BCUT2D eigenvalue weighted by Gasteiger charge is -2.37. The number of benzene rings is 2. The maximum Gasteiger partial charge on any atom is 0.256 e. The van der Waals surface area contributed by atoms with Crippen LogP contribution in [-0.2, 0) is 11.3 Å². The first-order valence-electron chi connectivity index (χ1n) is 8.91. The third kappa shape index (κ3) is 4.47. The average molecular weight is 338 g/mol. The number of hydrogen-bond acceptors (Lipinski definition) is 3. The molecule has 1 fully saturated rings. The summed E-state index contributed by atoms with van der Waals surface area (Å²) in [6.07, 6.45) is 0.807. The highest BCUT2D eigenvalue weighted by atomic mass is 16.3. The average Bonchev–Trinajstić information content (AvgIpc) is 2.68. The molecule has 0 saturated carbocycles. The molecule has 0 bridgehead atoms. The number of carbonyl (C=O) groups excluding carboxylic acids is 1. The van der Waals surface area contributed by atoms with Gasteiger partial charge in [0.05, 0.1) is 0 Å². The van der Waals surface area contributed by atoms with Crippen molar-refractivity contribution in [1.29, 1.82) is 0 Å². The second kappa shape index (κ2) is 8.28. The number of aliphatic hydroxyl groups excluding tert-OH is 1. The predicted molar refractivity (Wildman–Crippen MR) is 98.9 cm³/mol. The minimum Gasteiger partial charge on any atom is -0.378 e. The van der Waals surface area contributed by atoms with Crippen molar-refractivity contribution in [3.05, 3.63) is 71.8 Å². The molecule has 2 aromatic carbocycles. The zero-order valence-electron chi connectivity index (χ0n) is 14.7. The van der Waals surface area contributed by atoms with Crippen molar-refractivity contribution in [3.63, 3.8) is 0 Å². The number of carbonyl (C=O) groups is 1. The van der Waals surface area contributed by atoms with E-state index < -0.39 is 6.10 Å². The summed E-state index contributed by atoms with van der Waals surface area (Å²) < 4.78 is 0. The standard InChI is InChI=1S/C21H26N2O2/c1-22(21(25)20(24)18-10-6-3-7-11-18)19-12-14-23(15-13-19)16-17-8-4-2-5-9-17/h2-11,19-20,24H,12-16H2,1H3/t20-/m1/s1. The molecule has 0 aromatic heterocycles. The molecule has 0 radical (unpaired) electrons. The van der Waals surface area contributed by atoms with E-state index >= 15 is 0 Å². The van der Waals surface area contributed by atoms with Crippen LogP contribution in [0, 0.1) is 0 Å². The van der Waals surface area contributed by atoms with Crippen molar-refractivity contribution >= 4 is 5.91 Å². The Kier molecular flexibility index (Phi) is 5.84. The van der Waals surface area contributed by atoms with Crippen LogP contribution in [0.3, 0.4) is 0 Å². The zero-order chi connectivity index (χ0) is 17.6. The van der Waals surface area contributed by atoms with Crippen LogP contribution >= 0.6 is 0 Å². The topological polar surface area (TPSA) is 43.8 Å². The van der Waals surface area contributed by atoms with E-state index in [0.29, 0.717) is 5.56 Å². The van der Waals surface area contributed by atoms with E-state index in [1.54, 1.807) is 17.0 Å². The maximum atomic E-state index is 12.6. The van der Waals surface area contributed by atoms with Crippen molar-refractivity contribution in [3.8, 4) is 0 Å². The molecule has 2 aromatic rings. The van der Waals surface area contributed by atoms with Crippen LogP contribution in [0.15, 0.2) is 60.7 Å². The summed E-state index contributed by atoms with van der Waals surface area (Å²) in [5.74, 6) is -0.215. The summed E-state index contributed by atoms with van der Waals surface area (Å²) in [6, 6.07) is 19.8. The SMILES string of the molecule is CN(C(=O)[C@H](O)c1ccccc1)C1CCN(Cc2ccccc2)CC1. The highest BCUT2D eigenvalue weighted by molar-refractivity contribution is 5.82. The van der Waals surface area contributed by atoms with Gasteiger partial charge in [-0.3, -0.25) is 9.69 Å². The summed E-state index contributed by atoms with van der Waals surface area (Å²) in [4.78, 5) is 16.7. The molecule has 1 heterocycles. The summed E-state index contributed by atoms with van der Waals surface area (Å²) >= 11 is 0. The molecule has 1 atom stereocenters. The largest absolute Gasteiger partial charge is 0.378 e. The van der Waals surface area contributed by atoms with Crippen LogP contribution in [0.1, 0.15) is 30.1 Å². The summed E-state index contributed by atoms with van der Waals surface area (Å²) in [7, 11) is 1.81. The monoisotopic (exact) mass is 338 g/mol. The number of hydrogen-bond donors (Lipinski definition) is 1. The molecule has 1 amide bonds. The molecule has 132 valence electrons. The fourth-order valence-electron chi connectivity index (χ4n) is 3.46. The Labute approximate surface area is 149 Å². The van der Waals surface area contributed by atoms with E-state index in [1.165, 1.54) is 5.56 Å². The lowest BCUT2D eigenvalue weighted by atomic mass is 10.0. The third-order valence-electron chi connectivity index (χ3n) is 5.05. The number of likely N-dealkylation sites (N-methyl/N-ethyl adjacent to an activating group) is 1. The van der Waals surface area contributed by atoms with Gasteiger partial charge in [0, 0.05) is 32.7 Å². The first-order valence-corrected chi connectivity index (χ1v) is 8.91. The Morgan fingerprint density at radius 3 is 2.24 bits per heavy atom. The first-order chi connectivity index (χ1) is 12.1. The van der Waals surface area contributed by atoms with Crippen molar-refractivity contribution in [2.75, 3.05) is 20.1 Å². The number of likely N-dealkylation sites (tertiary alicyclic amines) is 1. The minimum atomic E-state index is -1.08. The van der Waals surface area contributed by atoms with E-state index in [1.807, 2.05) is 31.3 Å². The minimum absolute atomic E-state index is 0.192. The van der Waals surface area contributed by atoms with E-state index in [9.17, 15) is 9.90 Å². The van der Waals surface area contributed by atoms with Crippen molar-refractivity contribution in [2.24, 2.45) is 0 Å². The number of nitrogens with zero attached hydrogens (tertiary/aromatic N) is 2. The summed E-state index contributed by atoms with van der Waals surface area (Å²) in [6.45, 7) is 2.90. The van der Waals surface area contributed by atoms with Gasteiger partial charge in [0.2, 0.25) is 0 Å². The number of rotatable bonds is 5. The van der Waals surface area contributed by atoms with Gasteiger partial charge in [-0.2, -0.15) is 0 Å². The van der Waals surface area contributed by atoms with Gasteiger partial charge in [-0.15, -0.1) is 0 Å². The first kappa shape index (κ1) is 17.6. The van der Waals surface area contributed by atoms with Crippen molar-refractivity contribution in [2.45, 2.75) is 31.5 Å². The van der Waals surface area contributed by atoms with Gasteiger partial charge in [-0.05, 0) is 24.0 Å². The van der Waals surface area contributed by atoms with E-state index in [2.05, 4.69) is 29.2 Å². The van der Waals surface area contributed by atoms with Gasteiger partial charge >= 0.3 is 0 Å². The Bertz CT molecular complexity index is 667.